The molecule has 0 bridgehead atoms. The Morgan fingerprint density at radius 1 is 0.949 bits per heavy atom. The van der Waals surface area contributed by atoms with Crippen LogP contribution in [0.1, 0.15) is 23.9 Å². The maximum Gasteiger partial charge on any atom is 0.289 e. The molecule has 2 aliphatic rings. The summed E-state index contributed by atoms with van der Waals surface area (Å²) in [5, 5.41) is 4.59. The molecule has 2 aliphatic heterocycles. The van der Waals surface area contributed by atoms with E-state index in [0.29, 0.717) is 50.8 Å². The highest BCUT2D eigenvalue weighted by Gasteiger charge is 2.26. The number of para-hydroxylation sites is 2. The Morgan fingerprint density at radius 2 is 1.67 bits per heavy atom. The number of hydrogen-bond donors (Lipinski definition) is 0. The Balaban J connectivity index is 1.09. The smallest absolute Gasteiger partial charge is 0.289 e. The summed E-state index contributed by atoms with van der Waals surface area (Å²) in [6.45, 7) is 10.0. The first-order chi connectivity index (χ1) is 19.0. The molecule has 4 heterocycles. The average Bonchev–Trinajstić information content (AvgIpc) is 3.51. The second-order valence-corrected chi connectivity index (χ2v) is 10.1. The number of halogens is 1. The number of nitrogens with zero attached hydrogens (tertiary/aromatic N) is 6. The highest BCUT2D eigenvalue weighted by molar-refractivity contribution is 6.33. The van der Waals surface area contributed by atoms with Gasteiger partial charge in [0.15, 0.2) is 5.76 Å². The molecule has 11 heteroatoms. The minimum atomic E-state index is -0.277. The molecule has 5 rings (SSSR count). The van der Waals surface area contributed by atoms with Crippen LogP contribution in [0, 0.1) is 0 Å². The van der Waals surface area contributed by atoms with Gasteiger partial charge in [0.25, 0.3) is 11.5 Å². The number of benzene rings is 1. The number of piperazine rings is 2. The minimum Gasteiger partial charge on any atom is -0.492 e. The molecule has 2 saturated heterocycles. The van der Waals surface area contributed by atoms with Gasteiger partial charge in [0.05, 0.1) is 30.4 Å². The van der Waals surface area contributed by atoms with Gasteiger partial charge in [-0.1, -0.05) is 23.7 Å². The molecule has 1 amide bonds. The van der Waals surface area contributed by atoms with Crippen LogP contribution in [0.4, 0.5) is 11.4 Å². The lowest BCUT2D eigenvalue weighted by atomic mass is 10.2. The molecule has 0 unspecified atom stereocenters. The Kier molecular flexibility index (Phi) is 8.73. The first-order valence-electron chi connectivity index (χ1n) is 13.6. The number of furan rings is 1. The monoisotopic (exact) mass is 554 g/mol. The second-order valence-electron chi connectivity index (χ2n) is 9.71. The van der Waals surface area contributed by atoms with E-state index in [-0.39, 0.29) is 16.5 Å². The Labute approximate surface area is 233 Å². The third-order valence-electron chi connectivity index (χ3n) is 7.33. The molecule has 0 spiro atoms. The largest absolute Gasteiger partial charge is 0.492 e. The van der Waals surface area contributed by atoms with Gasteiger partial charge >= 0.3 is 0 Å². The number of ether oxygens (including phenoxy) is 1. The van der Waals surface area contributed by atoms with E-state index < -0.39 is 0 Å². The van der Waals surface area contributed by atoms with Gasteiger partial charge in [-0.2, -0.15) is 5.10 Å². The van der Waals surface area contributed by atoms with Crippen molar-refractivity contribution >= 4 is 28.9 Å². The second kappa shape index (κ2) is 12.6. The Morgan fingerprint density at radius 3 is 2.38 bits per heavy atom. The quantitative estimate of drug-likeness (QED) is 0.399. The van der Waals surface area contributed by atoms with E-state index in [2.05, 4.69) is 27.0 Å². The summed E-state index contributed by atoms with van der Waals surface area (Å²) in [4.78, 5) is 34.0. The van der Waals surface area contributed by atoms with Crippen molar-refractivity contribution in [3.05, 3.63) is 70.0 Å². The topological polar surface area (TPSA) is 87.3 Å². The summed E-state index contributed by atoms with van der Waals surface area (Å²) in [6.07, 6.45) is 3.97. The molecule has 0 aliphatic carbocycles. The lowest BCUT2D eigenvalue weighted by Gasteiger charge is -2.36. The standard InChI is InChI=1S/C28H35ClN6O4/c1-2-38-24-8-4-3-7-22(24)32-14-12-31(13-15-32)10-6-11-35-28(37)26(29)23(21-30-35)33-16-18-34(19-17-33)27(36)25-9-5-20-39-25/h3-5,7-9,20-21H,2,6,10-19H2,1H3. The summed E-state index contributed by atoms with van der Waals surface area (Å²) in [5.74, 6) is 1.14. The normalized spacial score (nSPS) is 16.5. The van der Waals surface area contributed by atoms with Gasteiger partial charge in [0.2, 0.25) is 0 Å². The highest BCUT2D eigenvalue weighted by Crippen LogP contribution is 2.29. The van der Waals surface area contributed by atoms with Crippen LogP contribution < -0.4 is 20.1 Å². The van der Waals surface area contributed by atoms with E-state index in [0.717, 1.165) is 50.6 Å². The predicted octanol–water partition coefficient (Wildman–Crippen LogP) is 3.06. The molecule has 0 N–H and O–H groups in total. The summed E-state index contributed by atoms with van der Waals surface area (Å²) in [7, 11) is 0. The molecule has 0 radical (unpaired) electrons. The number of rotatable bonds is 9. The van der Waals surface area contributed by atoms with E-state index in [1.807, 2.05) is 24.0 Å². The number of amides is 1. The lowest BCUT2D eigenvalue weighted by Crippen LogP contribution is -2.49. The van der Waals surface area contributed by atoms with Crippen LogP contribution in [0.25, 0.3) is 0 Å². The van der Waals surface area contributed by atoms with E-state index in [1.165, 1.54) is 10.9 Å². The zero-order chi connectivity index (χ0) is 27.2. The molecular weight excluding hydrogens is 520 g/mol. The highest BCUT2D eigenvalue weighted by atomic mass is 35.5. The molecule has 2 fully saturated rings. The molecule has 39 heavy (non-hydrogen) atoms. The molecule has 1 aromatic carbocycles. The van der Waals surface area contributed by atoms with Gasteiger partial charge < -0.3 is 23.9 Å². The summed E-state index contributed by atoms with van der Waals surface area (Å²) in [6, 6.07) is 11.6. The number of carbonyl (C=O) groups is 1. The Bertz CT molecular complexity index is 1300. The van der Waals surface area contributed by atoms with Crippen LogP contribution >= 0.6 is 11.6 Å². The molecule has 208 valence electrons. The van der Waals surface area contributed by atoms with E-state index in [1.54, 1.807) is 23.2 Å². The number of hydrogen-bond acceptors (Lipinski definition) is 8. The number of carbonyl (C=O) groups excluding carboxylic acids is 1. The van der Waals surface area contributed by atoms with Gasteiger partial charge in [-0.3, -0.25) is 14.5 Å². The van der Waals surface area contributed by atoms with E-state index >= 15 is 0 Å². The average molecular weight is 555 g/mol. The van der Waals surface area contributed by atoms with Crippen LogP contribution in [0.3, 0.4) is 0 Å². The lowest BCUT2D eigenvalue weighted by molar-refractivity contribution is 0.0714. The van der Waals surface area contributed by atoms with Gasteiger partial charge in [-0.15, -0.1) is 0 Å². The fraction of sp³-hybridized carbons (Fsp3) is 0.464. The zero-order valence-corrected chi connectivity index (χ0v) is 23.1. The number of aromatic nitrogens is 2. The van der Waals surface area contributed by atoms with Crippen molar-refractivity contribution in [2.75, 3.05) is 75.3 Å². The van der Waals surface area contributed by atoms with Crippen molar-refractivity contribution in [2.24, 2.45) is 0 Å². The third kappa shape index (κ3) is 6.23. The summed E-state index contributed by atoms with van der Waals surface area (Å²) >= 11 is 6.51. The first kappa shape index (κ1) is 27.1. The van der Waals surface area contributed by atoms with Crippen molar-refractivity contribution in [1.82, 2.24) is 19.6 Å². The van der Waals surface area contributed by atoms with Gasteiger partial charge in [-0.05, 0) is 37.6 Å². The molecule has 3 aromatic rings. The number of aryl methyl sites for hydroxylation is 1. The molecule has 2 aromatic heterocycles. The van der Waals surface area contributed by atoms with E-state index in [9.17, 15) is 9.59 Å². The van der Waals surface area contributed by atoms with Crippen molar-refractivity contribution in [3.8, 4) is 5.75 Å². The van der Waals surface area contributed by atoms with Crippen LogP contribution in [0.5, 0.6) is 5.75 Å². The van der Waals surface area contributed by atoms with Gasteiger partial charge in [0, 0.05) is 65.4 Å². The van der Waals surface area contributed by atoms with Gasteiger partial charge in [-0.25, -0.2) is 4.68 Å². The third-order valence-corrected chi connectivity index (χ3v) is 7.68. The van der Waals surface area contributed by atoms with Crippen molar-refractivity contribution in [1.29, 1.82) is 0 Å². The summed E-state index contributed by atoms with van der Waals surface area (Å²) in [5.41, 5.74) is 1.49. The van der Waals surface area contributed by atoms with Crippen molar-refractivity contribution in [3.63, 3.8) is 0 Å². The molecule has 10 nitrogen and oxygen atoms in total. The van der Waals surface area contributed by atoms with Crippen molar-refractivity contribution in [2.45, 2.75) is 19.9 Å². The molecule has 0 saturated carbocycles. The molecule has 0 atom stereocenters. The fourth-order valence-electron chi connectivity index (χ4n) is 5.20. The zero-order valence-electron chi connectivity index (χ0n) is 22.3. The first-order valence-corrected chi connectivity index (χ1v) is 14.0. The van der Waals surface area contributed by atoms with Crippen LogP contribution in [-0.4, -0.2) is 91.0 Å². The maximum atomic E-state index is 13.0. The number of anilines is 2. The Hall–Kier alpha value is -3.50. The van der Waals surface area contributed by atoms with Crippen LogP contribution in [0.15, 0.2) is 58.1 Å². The maximum absolute atomic E-state index is 13.0. The minimum absolute atomic E-state index is 0.129. The molecular formula is C28H35ClN6O4. The van der Waals surface area contributed by atoms with Crippen molar-refractivity contribution < 1.29 is 13.9 Å². The van der Waals surface area contributed by atoms with Crippen LogP contribution in [0.2, 0.25) is 5.02 Å². The predicted molar refractivity (Wildman–Crippen MR) is 151 cm³/mol. The van der Waals surface area contributed by atoms with Crippen LogP contribution in [-0.2, 0) is 6.54 Å². The van der Waals surface area contributed by atoms with E-state index in [4.69, 9.17) is 20.8 Å². The SMILES string of the molecule is CCOc1ccccc1N1CCN(CCCn2ncc(N3CCN(C(=O)c4ccco4)CC3)c(Cl)c2=O)CC1. The van der Waals surface area contributed by atoms with Gasteiger partial charge in [0.1, 0.15) is 10.8 Å². The fourth-order valence-corrected chi connectivity index (χ4v) is 5.46. The summed E-state index contributed by atoms with van der Waals surface area (Å²) < 4.78 is 12.5.